The average Bonchev–Trinajstić information content (AvgIpc) is 2.28. The molecule has 16 heavy (non-hydrogen) atoms. The van der Waals surface area contributed by atoms with E-state index in [9.17, 15) is 9.59 Å². The lowest BCUT2D eigenvalue weighted by molar-refractivity contribution is 0.0525. The van der Waals surface area contributed by atoms with E-state index >= 15 is 0 Å². The minimum Gasteiger partial charge on any atom is -0.496 e. The molecule has 0 unspecified atom stereocenters. The van der Waals surface area contributed by atoms with Crippen LogP contribution in [-0.2, 0) is 4.74 Å². The molecule has 4 nitrogen and oxygen atoms in total. The molecule has 0 fully saturated rings. The number of hydrogen-bond donors (Lipinski definition) is 0. The van der Waals surface area contributed by atoms with Gasteiger partial charge in [-0.05, 0) is 36.7 Å². The molecule has 5 heteroatoms. The minimum atomic E-state index is -0.632. The molecule has 0 heterocycles. The minimum absolute atomic E-state index is 0.220. The van der Waals surface area contributed by atoms with Gasteiger partial charge < -0.3 is 9.47 Å². The SMILES string of the molecule is CCOC(=O)c1ccc(C(=O)Cl)c(OC)c1. The van der Waals surface area contributed by atoms with Crippen molar-refractivity contribution < 1.29 is 19.1 Å². The smallest absolute Gasteiger partial charge is 0.338 e. The van der Waals surface area contributed by atoms with Crippen LogP contribution in [0.25, 0.3) is 0 Å². The number of halogens is 1. The second-order valence-corrected chi connectivity index (χ2v) is 3.25. The standard InChI is InChI=1S/C11H11ClO4/c1-3-16-11(14)7-4-5-8(10(12)13)9(6-7)15-2/h4-6H,3H2,1-2H3. The van der Waals surface area contributed by atoms with Gasteiger partial charge >= 0.3 is 5.97 Å². The number of benzene rings is 1. The van der Waals surface area contributed by atoms with Gasteiger partial charge in [0.05, 0.1) is 24.8 Å². The number of carbonyl (C=O) groups excluding carboxylic acids is 2. The van der Waals surface area contributed by atoms with Gasteiger partial charge in [-0.3, -0.25) is 4.79 Å². The van der Waals surface area contributed by atoms with Crippen molar-refractivity contribution in [3.8, 4) is 5.75 Å². The molecule has 1 aromatic rings. The summed E-state index contributed by atoms with van der Waals surface area (Å²) in [6.45, 7) is 2.00. The number of ether oxygens (including phenoxy) is 2. The van der Waals surface area contributed by atoms with Gasteiger partial charge in [0, 0.05) is 0 Å². The van der Waals surface area contributed by atoms with Crippen molar-refractivity contribution in [3.63, 3.8) is 0 Å². The Hall–Kier alpha value is -1.55. The van der Waals surface area contributed by atoms with Crippen LogP contribution >= 0.6 is 11.6 Å². The van der Waals surface area contributed by atoms with Crippen LogP contribution in [0, 0.1) is 0 Å². The summed E-state index contributed by atoms with van der Waals surface area (Å²) >= 11 is 5.35. The fourth-order valence-electron chi connectivity index (χ4n) is 1.19. The maximum absolute atomic E-state index is 11.4. The summed E-state index contributed by atoms with van der Waals surface area (Å²) in [5.74, 6) is -0.208. The van der Waals surface area contributed by atoms with Gasteiger partial charge in [0.2, 0.25) is 0 Å². The third-order valence-corrected chi connectivity index (χ3v) is 2.13. The molecule has 0 saturated heterocycles. The highest BCUT2D eigenvalue weighted by molar-refractivity contribution is 6.68. The highest BCUT2D eigenvalue weighted by Gasteiger charge is 2.14. The molecule has 0 amide bonds. The fraction of sp³-hybridized carbons (Fsp3) is 0.273. The maximum Gasteiger partial charge on any atom is 0.338 e. The second kappa shape index (κ2) is 5.51. The molecular weight excluding hydrogens is 232 g/mol. The van der Waals surface area contributed by atoms with Crippen molar-refractivity contribution in [2.24, 2.45) is 0 Å². The van der Waals surface area contributed by atoms with Crippen LogP contribution in [0.3, 0.4) is 0 Å². The Bertz CT molecular complexity index is 414. The Kier molecular flexibility index (Phi) is 4.31. The van der Waals surface area contributed by atoms with E-state index in [2.05, 4.69) is 0 Å². The maximum atomic E-state index is 11.4. The predicted octanol–water partition coefficient (Wildman–Crippen LogP) is 2.25. The molecule has 0 aliphatic carbocycles. The lowest BCUT2D eigenvalue weighted by Crippen LogP contribution is -2.06. The zero-order valence-electron chi connectivity index (χ0n) is 8.95. The van der Waals surface area contributed by atoms with Crippen molar-refractivity contribution in [1.29, 1.82) is 0 Å². The first-order valence-electron chi connectivity index (χ1n) is 4.65. The van der Waals surface area contributed by atoms with Crippen LogP contribution < -0.4 is 4.74 Å². The van der Waals surface area contributed by atoms with Crippen molar-refractivity contribution in [3.05, 3.63) is 29.3 Å². The Morgan fingerprint density at radius 2 is 2.06 bits per heavy atom. The van der Waals surface area contributed by atoms with Crippen molar-refractivity contribution in [1.82, 2.24) is 0 Å². The van der Waals surface area contributed by atoms with Crippen LogP contribution in [0.4, 0.5) is 0 Å². The largest absolute Gasteiger partial charge is 0.496 e. The fourth-order valence-corrected chi connectivity index (χ4v) is 1.35. The monoisotopic (exact) mass is 242 g/mol. The summed E-state index contributed by atoms with van der Waals surface area (Å²) in [6.07, 6.45) is 0. The van der Waals surface area contributed by atoms with E-state index in [-0.39, 0.29) is 17.9 Å². The molecule has 0 aromatic heterocycles. The summed E-state index contributed by atoms with van der Waals surface area (Å²) in [6, 6.07) is 4.32. The Balaban J connectivity index is 3.08. The van der Waals surface area contributed by atoms with E-state index in [1.165, 1.54) is 25.3 Å². The number of esters is 1. The van der Waals surface area contributed by atoms with Crippen LogP contribution in [0.1, 0.15) is 27.6 Å². The number of hydrogen-bond acceptors (Lipinski definition) is 4. The van der Waals surface area contributed by atoms with Gasteiger partial charge in [-0.2, -0.15) is 0 Å². The van der Waals surface area contributed by atoms with Crippen LogP contribution in [0.5, 0.6) is 5.75 Å². The van der Waals surface area contributed by atoms with E-state index < -0.39 is 11.2 Å². The molecule has 0 radical (unpaired) electrons. The van der Waals surface area contributed by atoms with Crippen molar-refractivity contribution in [2.75, 3.05) is 13.7 Å². The second-order valence-electron chi connectivity index (χ2n) is 2.91. The number of methoxy groups -OCH3 is 1. The lowest BCUT2D eigenvalue weighted by atomic mass is 10.1. The molecule has 0 aliphatic heterocycles. The molecule has 0 N–H and O–H groups in total. The normalized spacial score (nSPS) is 9.69. The highest BCUT2D eigenvalue weighted by Crippen LogP contribution is 2.22. The molecule has 0 atom stereocenters. The first-order valence-corrected chi connectivity index (χ1v) is 5.03. The van der Waals surface area contributed by atoms with Gasteiger partial charge in [0.25, 0.3) is 5.24 Å². The molecular formula is C11H11ClO4. The predicted molar refractivity (Wildman–Crippen MR) is 59.1 cm³/mol. The quantitative estimate of drug-likeness (QED) is 0.600. The van der Waals surface area contributed by atoms with Gasteiger partial charge in [-0.1, -0.05) is 0 Å². The van der Waals surface area contributed by atoms with Gasteiger partial charge in [0.15, 0.2) is 0 Å². The summed E-state index contributed by atoms with van der Waals surface area (Å²) in [7, 11) is 1.40. The van der Waals surface area contributed by atoms with E-state index in [0.717, 1.165) is 0 Å². The third-order valence-electron chi connectivity index (χ3n) is 1.92. The summed E-state index contributed by atoms with van der Waals surface area (Å²) in [4.78, 5) is 22.4. The Morgan fingerprint density at radius 1 is 1.38 bits per heavy atom. The number of rotatable bonds is 4. The van der Waals surface area contributed by atoms with E-state index in [0.29, 0.717) is 5.56 Å². The highest BCUT2D eigenvalue weighted by atomic mass is 35.5. The molecule has 0 spiro atoms. The van der Waals surface area contributed by atoms with E-state index in [4.69, 9.17) is 21.1 Å². The van der Waals surface area contributed by atoms with E-state index in [1.54, 1.807) is 6.92 Å². The molecule has 1 aromatic carbocycles. The van der Waals surface area contributed by atoms with Crippen molar-refractivity contribution >= 4 is 22.8 Å². The molecule has 0 aliphatic rings. The molecule has 0 saturated carbocycles. The summed E-state index contributed by atoms with van der Waals surface area (Å²) < 4.78 is 9.78. The first kappa shape index (κ1) is 12.5. The summed E-state index contributed by atoms with van der Waals surface area (Å²) in [5.41, 5.74) is 0.539. The molecule has 1 rings (SSSR count). The van der Waals surface area contributed by atoms with Gasteiger partial charge in [0.1, 0.15) is 5.75 Å². The average molecular weight is 243 g/mol. The zero-order valence-corrected chi connectivity index (χ0v) is 9.71. The Labute approximate surface area is 98.1 Å². The topological polar surface area (TPSA) is 52.6 Å². The first-order chi connectivity index (χ1) is 7.60. The lowest BCUT2D eigenvalue weighted by Gasteiger charge is -2.07. The third kappa shape index (κ3) is 2.73. The molecule has 86 valence electrons. The van der Waals surface area contributed by atoms with Crippen molar-refractivity contribution in [2.45, 2.75) is 6.92 Å². The van der Waals surface area contributed by atoms with Crippen LogP contribution in [0.15, 0.2) is 18.2 Å². The molecule has 0 bridgehead atoms. The Morgan fingerprint density at radius 3 is 2.56 bits per heavy atom. The van der Waals surface area contributed by atoms with Crippen LogP contribution in [0.2, 0.25) is 0 Å². The number of carbonyl (C=O) groups is 2. The zero-order chi connectivity index (χ0) is 12.1. The van der Waals surface area contributed by atoms with Gasteiger partial charge in [-0.25, -0.2) is 4.79 Å². The summed E-state index contributed by atoms with van der Waals surface area (Å²) in [5, 5.41) is -0.632. The van der Waals surface area contributed by atoms with Crippen LogP contribution in [-0.4, -0.2) is 24.9 Å². The van der Waals surface area contributed by atoms with E-state index in [1.807, 2.05) is 0 Å². The van der Waals surface area contributed by atoms with Gasteiger partial charge in [-0.15, -0.1) is 0 Å².